The third kappa shape index (κ3) is 5.99. The molecule has 2 heterocycles. The zero-order valence-electron chi connectivity index (χ0n) is 19.9. The molecule has 0 aromatic carbocycles. The van der Waals surface area contributed by atoms with Gasteiger partial charge in [0.05, 0.1) is 13.2 Å². The van der Waals surface area contributed by atoms with Gasteiger partial charge in [-0.05, 0) is 31.6 Å². The minimum atomic E-state index is -0.993. The Balaban J connectivity index is 2.19. The first-order valence-corrected chi connectivity index (χ1v) is 11.1. The number of nitrogens with zero attached hydrogens (tertiary/aromatic N) is 3. The van der Waals surface area contributed by atoms with Crippen molar-refractivity contribution in [1.82, 2.24) is 25.3 Å². The molecule has 2 rings (SSSR count). The van der Waals surface area contributed by atoms with E-state index in [1.54, 1.807) is 34.6 Å². The zero-order chi connectivity index (χ0) is 24.9. The van der Waals surface area contributed by atoms with Crippen LogP contribution in [0.2, 0.25) is 0 Å². The molecule has 1 aromatic rings. The first-order valence-electron chi connectivity index (χ1n) is 11.1. The summed E-state index contributed by atoms with van der Waals surface area (Å²) < 4.78 is 10.6. The van der Waals surface area contributed by atoms with E-state index >= 15 is 0 Å². The van der Waals surface area contributed by atoms with Gasteiger partial charge < -0.3 is 24.7 Å². The minimum absolute atomic E-state index is 0.234. The molecule has 0 aliphatic carbocycles. The highest BCUT2D eigenvalue weighted by molar-refractivity contribution is 6.00. The van der Waals surface area contributed by atoms with Gasteiger partial charge in [0.25, 0.3) is 5.89 Å². The molecule has 1 aromatic heterocycles. The molecule has 0 radical (unpaired) electrons. The number of ketones is 1. The number of hydrogen-bond acceptors (Lipinski definition) is 8. The number of alkyl carbamates (subject to hydrolysis) is 1. The smallest absolute Gasteiger partial charge is 0.437 e. The summed E-state index contributed by atoms with van der Waals surface area (Å²) in [5, 5.41) is 9.10. The SMILES string of the molecule is CCn1nc(C(=O)[C@@H](NC(=O)[C@@H]2CCCN2C(=O)[C@@H](NC(=O)OC)C(C)C)C(C)C)oc1=O. The number of nitrogens with one attached hydrogen (secondary N) is 2. The van der Waals surface area contributed by atoms with Crippen LogP contribution in [-0.4, -0.2) is 70.2 Å². The van der Waals surface area contributed by atoms with Crippen LogP contribution < -0.4 is 16.4 Å². The standard InChI is InChI=1S/C21H33N5O7/c1-7-26-21(31)33-18(24-26)16(27)14(11(2)3)22-17(28)13-9-8-10-25(13)19(29)15(12(4)5)23-20(30)32-6/h11-15H,7-10H2,1-6H3,(H,22,28)(H,23,30)/t13-,14-,15-/m0/s1. The number of aryl methyl sites for hydroxylation is 1. The fourth-order valence-corrected chi connectivity index (χ4v) is 3.70. The number of Topliss-reactive ketones (excluding diaryl/α,β-unsaturated/α-hetero) is 1. The molecule has 0 spiro atoms. The average Bonchev–Trinajstić information content (AvgIpc) is 3.40. The van der Waals surface area contributed by atoms with Crippen LogP contribution in [0.15, 0.2) is 9.21 Å². The van der Waals surface area contributed by atoms with E-state index < -0.39 is 47.6 Å². The quantitative estimate of drug-likeness (QED) is 0.499. The summed E-state index contributed by atoms with van der Waals surface area (Å²) in [7, 11) is 1.21. The fraction of sp³-hybridized carbons (Fsp3) is 0.714. The van der Waals surface area contributed by atoms with Crippen molar-refractivity contribution in [3.8, 4) is 0 Å². The van der Waals surface area contributed by atoms with Crippen LogP contribution in [0.1, 0.15) is 58.1 Å². The lowest BCUT2D eigenvalue weighted by molar-refractivity contribution is -0.141. The summed E-state index contributed by atoms with van der Waals surface area (Å²) in [6, 6.07) is -2.65. The Morgan fingerprint density at radius 3 is 2.27 bits per heavy atom. The zero-order valence-corrected chi connectivity index (χ0v) is 19.9. The number of ether oxygens (including phenoxy) is 1. The number of hydrogen-bond donors (Lipinski definition) is 2. The van der Waals surface area contributed by atoms with E-state index in [0.29, 0.717) is 19.4 Å². The summed E-state index contributed by atoms with van der Waals surface area (Å²) in [5.41, 5.74) is 0. The van der Waals surface area contributed by atoms with E-state index in [4.69, 9.17) is 4.42 Å². The van der Waals surface area contributed by atoms with E-state index in [0.717, 1.165) is 4.68 Å². The predicted molar refractivity (Wildman–Crippen MR) is 116 cm³/mol. The molecule has 1 aliphatic heterocycles. The maximum atomic E-state index is 13.1. The lowest BCUT2D eigenvalue weighted by Crippen LogP contribution is -2.57. The summed E-state index contributed by atoms with van der Waals surface area (Å²) in [5.74, 6) is -3.19. The Hall–Kier alpha value is -3.18. The Bertz CT molecular complexity index is 936. The van der Waals surface area contributed by atoms with Crippen molar-refractivity contribution in [3.05, 3.63) is 16.4 Å². The maximum absolute atomic E-state index is 13.1. The van der Waals surface area contributed by atoms with E-state index in [-0.39, 0.29) is 24.3 Å². The molecule has 3 atom stereocenters. The highest BCUT2D eigenvalue weighted by Crippen LogP contribution is 2.21. The van der Waals surface area contributed by atoms with Crippen LogP contribution in [0.3, 0.4) is 0 Å². The van der Waals surface area contributed by atoms with Crippen LogP contribution in [-0.2, 0) is 20.9 Å². The highest BCUT2D eigenvalue weighted by Gasteiger charge is 2.40. The van der Waals surface area contributed by atoms with Gasteiger partial charge in [0.1, 0.15) is 12.1 Å². The van der Waals surface area contributed by atoms with Gasteiger partial charge >= 0.3 is 11.8 Å². The lowest BCUT2D eigenvalue weighted by atomic mass is 9.98. The third-order valence-corrected chi connectivity index (χ3v) is 5.59. The van der Waals surface area contributed by atoms with Gasteiger partial charge in [0, 0.05) is 13.1 Å². The summed E-state index contributed by atoms with van der Waals surface area (Å²) in [6.45, 7) is 9.31. The van der Waals surface area contributed by atoms with Gasteiger partial charge in [0.15, 0.2) is 0 Å². The van der Waals surface area contributed by atoms with Crippen LogP contribution in [0.4, 0.5) is 4.79 Å². The van der Waals surface area contributed by atoms with Crippen LogP contribution in [0.25, 0.3) is 0 Å². The summed E-state index contributed by atoms with van der Waals surface area (Å²) in [6.07, 6.45) is 0.281. The van der Waals surface area contributed by atoms with E-state index in [1.807, 2.05) is 0 Å². The Morgan fingerprint density at radius 2 is 1.76 bits per heavy atom. The molecule has 12 heteroatoms. The highest BCUT2D eigenvalue weighted by atomic mass is 16.5. The maximum Gasteiger partial charge on any atom is 0.437 e. The van der Waals surface area contributed by atoms with Crippen LogP contribution in [0.5, 0.6) is 0 Å². The van der Waals surface area contributed by atoms with Gasteiger partial charge in [0.2, 0.25) is 17.6 Å². The molecule has 184 valence electrons. The molecule has 2 N–H and O–H groups in total. The molecular formula is C21H33N5O7. The molecule has 12 nitrogen and oxygen atoms in total. The second-order valence-electron chi connectivity index (χ2n) is 8.63. The molecule has 0 saturated carbocycles. The summed E-state index contributed by atoms with van der Waals surface area (Å²) in [4.78, 5) is 64.0. The number of amides is 3. The normalized spacial score (nSPS) is 17.7. The predicted octanol–water partition coefficient (Wildman–Crippen LogP) is 0.551. The van der Waals surface area contributed by atoms with Crippen molar-refractivity contribution in [3.63, 3.8) is 0 Å². The summed E-state index contributed by atoms with van der Waals surface area (Å²) >= 11 is 0. The molecule has 33 heavy (non-hydrogen) atoms. The number of carbonyl (C=O) groups is 4. The third-order valence-electron chi connectivity index (χ3n) is 5.59. The molecular weight excluding hydrogens is 434 g/mol. The molecule has 1 aliphatic rings. The first kappa shape index (κ1) is 26.1. The minimum Gasteiger partial charge on any atom is -0.453 e. The topological polar surface area (TPSA) is 153 Å². The van der Waals surface area contributed by atoms with E-state index in [2.05, 4.69) is 20.5 Å². The fourth-order valence-electron chi connectivity index (χ4n) is 3.70. The van der Waals surface area contributed by atoms with Gasteiger partial charge in [-0.1, -0.05) is 27.7 Å². The van der Waals surface area contributed by atoms with Gasteiger partial charge in [-0.25, -0.2) is 9.59 Å². The van der Waals surface area contributed by atoms with E-state index in [1.165, 1.54) is 12.0 Å². The largest absolute Gasteiger partial charge is 0.453 e. The molecule has 1 fully saturated rings. The number of carbonyl (C=O) groups excluding carboxylic acids is 4. The van der Waals surface area contributed by atoms with Crippen LogP contribution in [0, 0.1) is 11.8 Å². The Labute approximate surface area is 192 Å². The number of likely N-dealkylation sites (tertiary alicyclic amines) is 1. The van der Waals surface area contributed by atoms with Gasteiger partial charge in [-0.2, -0.15) is 4.68 Å². The Kier molecular flexibility index (Phi) is 8.77. The first-order chi connectivity index (χ1) is 15.5. The molecule has 1 saturated heterocycles. The molecule has 3 amide bonds. The number of aromatic nitrogens is 2. The van der Waals surface area contributed by atoms with Crippen molar-refractivity contribution in [2.75, 3.05) is 13.7 Å². The number of methoxy groups -OCH3 is 1. The van der Waals surface area contributed by atoms with Crippen molar-refractivity contribution in [2.45, 2.75) is 72.1 Å². The lowest BCUT2D eigenvalue weighted by Gasteiger charge is -2.31. The van der Waals surface area contributed by atoms with Gasteiger partial charge in [-0.3, -0.25) is 14.4 Å². The van der Waals surface area contributed by atoms with Gasteiger partial charge in [-0.15, -0.1) is 5.10 Å². The second-order valence-corrected chi connectivity index (χ2v) is 8.63. The average molecular weight is 468 g/mol. The molecule has 0 bridgehead atoms. The number of rotatable bonds is 9. The Morgan fingerprint density at radius 1 is 1.12 bits per heavy atom. The van der Waals surface area contributed by atoms with Crippen molar-refractivity contribution < 1.29 is 28.3 Å². The van der Waals surface area contributed by atoms with Crippen molar-refractivity contribution in [2.24, 2.45) is 11.8 Å². The molecule has 0 unspecified atom stereocenters. The van der Waals surface area contributed by atoms with E-state index in [9.17, 15) is 24.0 Å². The van der Waals surface area contributed by atoms with Crippen molar-refractivity contribution in [1.29, 1.82) is 0 Å². The second kappa shape index (κ2) is 11.1. The monoisotopic (exact) mass is 467 g/mol. The van der Waals surface area contributed by atoms with Crippen LogP contribution >= 0.6 is 0 Å². The van der Waals surface area contributed by atoms with Crippen molar-refractivity contribution >= 4 is 23.7 Å².